The third-order valence-corrected chi connectivity index (χ3v) is 13.9. The van der Waals surface area contributed by atoms with Crippen LogP contribution in [0.4, 0.5) is 4.79 Å². The molecule has 6 bridgehead atoms. The van der Waals surface area contributed by atoms with Gasteiger partial charge >= 0.3 is 12.0 Å². The molecule has 338 valence electrons. The number of urea groups is 1. The molecule has 8 rings (SSSR count). The second kappa shape index (κ2) is 17.9. The van der Waals surface area contributed by atoms with E-state index in [1.54, 1.807) is 32.4 Å². The number of benzene rings is 1. The van der Waals surface area contributed by atoms with Gasteiger partial charge in [-0.05, 0) is 68.9 Å². The van der Waals surface area contributed by atoms with E-state index in [0.717, 1.165) is 57.5 Å². The number of amides is 4. The van der Waals surface area contributed by atoms with E-state index in [0.29, 0.717) is 49.8 Å². The highest BCUT2D eigenvalue weighted by molar-refractivity contribution is 7.10. The van der Waals surface area contributed by atoms with E-state index in [9.17, 15) is 24.3 Å². The number of ether oxygens (including phenoxy) is 3. The van der Waals surface area contributed by atoms with Crippen LogP contribution in [0.15, 0.2) is 41.9 Å². The molecule has 3 aliphatic heterocycles. The van der Waals surface area contributed by atoms with Crippen molar-refractivity contribution in [3.05, 3.63) is 58.2 Å². The molecular weight excluding hydrogens is 825 g/mol. The summed E-state index contributed by atoms with van der Waals surface area (Å²) in [6.45, 7) is 9.84. The van der Waals surface area contributed by atoms with Crippen LogP contribution < -0.4 is 10.7 Å². The summed E-state index contributed by atoms with van der Waals surface area (Å²) in [7, 11) is 4.91. The van der Waals surface area contributed by atoms with Crippen LogP contribution >= 0.6 is 11.3 Å². The van der Waals surface area contributed by atoms with Gasteiger partial charge in [0.2, 0.25) is 11.6 Å². The van der Waals surface area contributed by atoms with Crippen LogP contribution in [0.1, 0.15) is 82.2 Å². The minimum Gasteiger partial charge on any atom is -0.462 e. The number of cyclic esters (lactones) is 1. The highest BCUT2D eigenvalue weighted by atomic mass is 32.1. The Labute approximate surface area is 372 Å². The summed E-state index contributed by atoms with van der Waals surface area (Å²) < 4.78 is 19.4. The molecule has 1 saturated carbocycles. The minimum atomic E-state index is -2.20. The van der Waals surface area contributed by atoms with Gasteiger partial charge in [0.1, 0.15) is 12.1 Å². The third-order valence-electron chi connectivity index (χ3n) is 13.0. The van der Waals surface area contributed by atoms with E-state index in [2.05, 4.69) is 46.5 Å². The van der Waals surface area contributed by atoms with Gasteiger partial charge < -0.3 is 39.0 Å². The summed E-state index contributed by atoms with van der Waals surface area (Å²) in [6.07, 6.45) is 4.68. The number of likely N-dealkylation sites (N-methyl/N-ethyl adjacent to an activating group) is 1. The number of hydrogen-bond donors (Lipinski definition) is 3. The van der Waals surface area contributed by atoms with Crippen molar-refractivity contribution in [3.8, 4) is 22.5 Å². The van der Waals surface area contributed by atoms with Crippen LogP contribution in [0.3, 0.4) is 0 Å². The third kappa shape index (κ3) is 9.08. The molecule has 4 amide bonds. The second-order valence-electron chi connectivity index (χ2n) is 18.3. The number of carbonyl (C=O) groups excluding carboxylic acids is 4. The lowest BCUT2D eigenvalue weighted by atomic mass is 9.84. The number of pyridine rings is 1. The molecule has 6 heterocycles. The number of esters is 1. The van der Waals surface area contributed by atoms with Crippen LogP contribution in [0, 0.1) is 11.3 Å². The molecule has 3 aromatic heterocycles. The Bertz CT molecular complexity index is 2370. The normalized spacial score (nSPS) is 22.8. The van der Waals surface area contributed by atoms with Crippen LogP contribution in [-0.2, 0) is 48.0 Å². The van der Waals surface area contributed by atoms with Crippen molar-refractivity contribution < 1.29 is 38.5 Å². The van der Waals surface area contributed by atoms with E-state index in [1.165, 1.54) is 21.2 Å². The Morgan fingerprint density at radius 3 is 2.67 bits per heavy atom. The van der Waals surface area contributed by atoms with Crippen molar-refractivity contribution in [1.29, 1.82) is 0 Å². The van der Waals surface area contributed by atoms with Gasteiger partial charge in [-0.25, -0.2) is 14.6 Å². The van der Waals surface area contributed by atoms with Gasteiger partial charge in [-0.3, -0.25) is 19.6 Å². The first-order valence-corrected chi connectivity index (χ1v) is 22.9. The number of nitrogens with one attached hydrogen (secondary N) is 2. The summed E-state index contributed by atoms with van der Waals surface area (Å²) in [6, 6.07) is 8.06. The fraction of sp³-hybridized carbons (Fsp3) is 0.565. The monoisotopic (exact) mass is 884 g/mol. The van der Waals surface area contributed by atoms with Gasteiger partial charge in [-0.1, -0.05) is 32.8 Å². The highest BCUT2D eigenvalue weighted by Crippen LogP contribution is 2.42. The summed E-state index contributed by atoms with van der Waals surface area (Å²) in [5.74, 6) is -1.61. The minimum absolute atomic E-state index is 0.0120. The van der Waals surface area contributed by atoms with Gasteiger partial charge in [0.15, 0.2) is 0 Å². The van der Waals surface area contributed by atoms with Crippen molar-refractivity contribution >= 4 is 46.1 Å². The molecule has 63 heavy (non-hydrogen) atoms. The van der Waals surface area contributed by atoms with Crippen LogP contribution in [0.2, 0.25) is 0 Å². The Morgan fingerprint density at radius 2 is 1.95 bits per heavy atom. The summed E-state index contributed by atoms with van der Waals surface area (Å²) >= 11 is 1.39. The number of likely N-dealkylation sites (tertiary alicyclic amines) is 1. The fourth-order valence-corrected chi connectivity index (χ4v) is 9.93. The number of methoxy groups -OCH3 is 2. The lowest BCUT2D eigenvalue weighted by Gasteiger charge is -2.42. The van der Waals surface area contributed by atoms with Gasteiger partial charge in [-0.2, -0.15) is 5.43 Å². The van der Waals surface area contributed by atoms with Crippen molar-refractivity contribution in [2.24, 2.45) is 11.3 Å². The first kappa shape index (κ1) is 44.7. The average Bonchev–Trinajstić information content (AvgIpc) is 3.88. The van der Waals surface area contributed by atoms with Gasteiger partial charge in [-0.15, -0.1) is 11.3 Å². The van der Waals surface area contributed by atoms with Crippen molar-refractivity contribution in [2.45, 2.75) is 109 Å². The first-order chi connectivity index (χ1) is 30.1. The number of rotatable bonds is 10. The zero-order chi connectivity index (χ0) is 44.8. The maximum atomic E-state index is 14.6. The van der Waals surface area contributed by atoms with Gasteiger partial charge in [0.25, 0.3) is 5.91 Å². The molecule has 4 aliphatic rings. The quantitative estimate of drug-likeness (QED) is 0.181. The zero-order valence-corrected chi connectivity index (χ0v) is 38.1. The molecule has 2 saturated heterocycles. The van der Waals surface area contributed by atoms with Crippen molar-refractivity contribution in [2.75, 3.05) is 47.5 Å². The number of fused-ring (bicyclic) bond motifs is 6. The summed E-state index contributed by atoms with van der Waals surface area (Å²) in [5, 5.41) is 19.6. The molecule has 1 aromatic carbocycles. The number of aryl methyl sites for hydroxylation is 1. The standard InChI is InChI=1S/C46H60N8O8S/c1-8-53-36-15-14-29-20-32(36)33(40(53)31-11-9-17-47-39(31)27(2)60-6)22-45(3,4)26-62-43(57)46(59)16-10-18-54(50-46)42(56)34(21-38-48-35(29)25-63-38)49-41(55)37(19-28-12-13-28)51(5)44(58)52-23-30(24-52)61-7/h9,11,14-15,17,20,25,27-28,30,34,37,50,59H,8,10,12-13,16,18-19,21-24,26H2,1-7H3,(H,49,55)/t27-,34-,37-,46-/m0/s1. The van der Waals surface area contributed by atoms with Crippen molar-refractivity contribution in [3.63, 3.8) is 0 Å². The largest absolute Gasteiger partial charge is 0.462 e. The Morgan fingerprint density at radius 1 is 1.17 bits per heavy atom. The SMILES string of the molecule is CCn1c(-c2cccnc2[C@H](C)OC)c2c3cc(ccc31)-c1csc(n1)C[C@H](NC(=O)[C@H](CC1CC1)N(C)C(=O)N1CC(OC)C1)C(=O)N1CCC[C@@](O)(N1)C(=O)OCC(C)(C)C2. The van der Waals surface area contributed by atoms with E-state index >= 15 is 0 Å². The smallest absolute Gasteiger partial charge is 0.355 e. The number of hydrogen-bond acceptors (Lipinski definition) is 12. The molecular formula is C46H60N8O8S. The molecule has 4 atom stereocenters. The summed E-state index contributed by atoms with van der Waals surface area (Å²) in [5.41, 5.74) is 6.41. The van der Waals surface area contributed by atoms with E-state index in [1.807, 2.05) is 32.2 Å². The van der Waals surface area contributed by atoms with Crippen LogP contribution in [0.25, 0.3) is 33.4 Å². The predicted molar refractivity (Wildman–Crippen MR) is 237 cm³/mol. The van der Waals surface area contributed by atoms with Crippen molar-refractivity contribution in [1.82, 2.24) is 40.1 Å². The number of thiazole rings is 1. The molecule has 0 radical (unpaired) electrons. The van der Waals surface area contributed by atoms with Crippen LogP contribution in [-0.4, -0.2) is 130 Å². The fourth-order valence-electron chi connectivity index (χ4n) is 9.08. The van der Waals surface area contributed by atoms with E-state index in [-0.39, 0.29) is 44.2 Å². The second-order valence-corrected chi connectivity index (χ2v) is 19.3. The van der Waals surface area contributed by atoms with Gasteiger partial charge in [0, 0.05) is 86.2 Å². The molecule has 0 spiro atoms. The average molecular weight is 885 g/mol. The first-order valence-electron chi connectivity index (χ1n) is 22.0. The Hall–Kier alpha value is -4.94. The topological polar surface area (TPSA) is 181 Å². The summed E-state index contributed by atoms with van der Waals surface area (Å²) in [4.78, 5) is 69.5. The number of hydrazine groups is 1. The number of aromatic nitrogens is 3. The predicted octanol–water partition coefficient (Wildman–Crippen LogP) is 5.07. The maximum Gasteiger partial charge on any atom is 0.355 e. The number of aliphatic hydroxyl groups is 1. The molecule has 4 aromatic rings. The molecule has 0 unspecified atom stereocenters. The molecule has 17 heteroatoms. The zero-order valence-electron chi connectivity index (χ0n) is 37.3. The Kier molecular flexibility index (Phi) is 12.7. The maximum absolute atomic E-state index is 14.6. The molecule has 1 aliphatic carbocycles. The number of nitrogens with zero attached hydrogens (tertiary/aromatic N) is 6. The molecule has 16 nitrogen and oxygen atoms in total. The molecule has 3 N–H and O–H groups in total. The Balaban J connectivity index is 1.19. The lowest BCUT2D eigenvalue weighted by Crippen LogP contribution is -2.67. The van der Waals surface area contributed by atoms with Crippen LogP contribution in [0.5, 0.6) is 0 Å². The lowest BCUT2D eigenvalue weighted by molar-refractivity contribution is -0.189. The van der Waals surface area contributed by atoms with E-state index < -0.39 is 41.0 Å². The highest BCUT2D eigenvalue weighted by Gasteiger charge is 2.46. The molecule has 3 fully saturated rings. The number of carbonyl (C=O) groups is 4. The van der Waals surface area contributed by atoms with E-state index in [4.69, 9.17) is 24.2 Å². The van der Waals surface area contributed by atoms with Gasteiger partial charge in [0.05, 0.1) is 54.0 Å².